The maximum absolute atomic E-state index is 12.3. The van der Waals surface area contributed by atoms with Gasteiger partial charge in [0.2, 0.25) is 0 Å². The molecular formula is C38H62O9. The molecule has 1 aliphatic heterocycles. The van der Waals surface area contributed by atoms with Crippen molar-refractivity contribution in [2.24, 2.45) is 45.8 Å². The van der Waals surface area contributed by atoms with Crippen LogP contribution in [0.3, 0.4) is 0 Å². The Morgan fingerprint density at radius 2 is 1.70 bits per heavy atom. The number of hydrogen-bond donors (Lipinski definition) is 4. The van der Waals surface area contributed by atoms with Gasteiger partial charge >= 0.3 is 11.9 Å². The normalized spacial score (nSPS) is 42.8. The molecule has 13 unspecified atom stereocenters. The van der Waals surface area contributed by atoms with Gasteiger partial charge in [0, 0.05) is 13.3 Å². The molecule has 0 bridgehead atoms. The first kappa shape index (κ1) is 38.0. The molecule has 4 fully saturated rings. The number of ether oxygens (including phenoxy) is 3. The van der Waals surface area contributed by atoms with Crippen molar-refractivity contribution >= 4 is 11.9 Å². The van der Waals surface area contributed by atoms with Crippen LogP contribution in [0.4, 0.5) is 0 Å². The highest BCUT2D eigenvalue weighted by Gasteiger charge is 2.70. The van der Waals surface area contributed by atoms with Crippen LogP contribution in [-0.4, -0.2) is 75.3 Å². The first-order valence-corrected chi connectivity index (χ1v) is 17.8. The molecular weight excluding hydrogens is 600 g/mol. The number of fused-ring (bicyclic) bond motifs is 3. The molecule has 9 nitrogen and oxygen atoms in total. The second kappa shape index (κ2) is 13.9. The van der Waals surface area contributed by atoms with Gasteiger partial charge in [0.1, 0.15) is 12.2 Å². The monoisotopic (exact) mass is 662 g/mol. The predicted octanol–water partition coefficient (Wildman–Crippen LogP) is 6.04. The Balaban J connectivity index is 1.81. The van der Waals surface area contributed by atoms with Crippen LogP contribution in [0, 0.1) is 45.8 Å². The van der Waals surface area contributed by atoms with E-state index in [0.29, 0.717) is 31.6 Å². The number of aliphatic carboxylic acids is 1. The van der Waals surface area contributed by atoms with Gasteiger partial charge < -0.3 is 34.6 Å². The zero-order chi connectivity index (χ0) is 35.3. The van der Waals surface area contributed by atoms with Crippen molar-refractivity contribution < 1.29 is 44.2 Å². The number of carboxylic acids is 1. The minimum atomic E-state index is -1.26. The summed E-state index contributed by atoms with van der Waals surface area (Å²) >= 11 is 0. The molecule has 4 rings (SSSR count). The fraction of sp³-hybridized carbons (Fsp3) is 0.842. The number of carbonyl (C=O) groups is 2. The van der Waals surface area contributed by atoms with Gasteiger partial charge in [0.05, 0.1) is 18.3 Å². The maximum Gasteiger partial charge on any atom is 0.303 e. The lowest BCUT2D eigenvalue weighted by atomic mass is 9.37. The Bertz CT molecular complexity index is 1200. The summed E-state index contributed by atoms with van der Waals surface area (Å²) in [7, 11) is 0. The highest BCUT2D eigenvalue weighted by molar-refractivity contribution is 5.67. The fourth-order valence-corrected chi connectivity index (χ4v) is 10.8. The van der Waals surface area contributed by atoms with E-state index in [0.717, 1.165) is 36.8 Å². The lowest BCUT2D eigenvalue weighted by molar-refractivity contribution is -0.271. The third kappa shape index (κ3) is 6.86. The van der Waals surface area contributed by atoms with Crippen LogP contribution >= 0.6 is 0 Å². The van der Waals surface area contributed by atoms with Gasteiger partial charge in [-0.2, -0.15) is 0 Å². The first-order valence-electron chi connectivity index (χ1n) is 17.8. The summed E-state index contributed by atoms with van der Waals surface area (Å²) in [4.78, 5) is 24.1. The number of aliphatic hydroxyl groups is 3. The van der Waals surface area contributed by atoms with Crippen molar-refractivity contribution in [2.45, 2.75) is 149 Å². The van der Waals surface area contributed by atoms with Crippen LogP contribution in [0.25, 0.3) is 0 Å². The van der Waals surface area contributed by atoms with E-state index in [1.165, 1.54) is 6.92 Å². The van der Waals surface area contributed by atoms with Crippen LogP contribution in [0.5, 0.6) is 0 Å². The van der Waals surface area contributed by atoms with Crippen molar-refractivity contribution in [3.63, 3.8) is 0 Å². The van der Waals surface area contributed by atoms with Gasteiger partial charge in [-0.3, -0.25) is 9.59 Å². The standard InChI is InChI=1S/C38H62O9/c1-21(2)23(5)11-18-38(10,44)26-13-17-37(9)31(26)27(46-34-33(45-24(6)40)32(43)28(20-39)47-34)19-29-35(7,15-14-30(41)42)25(22(3)4)12-16-36(29,37)8/h21,25-29,31-34,39,43-44H,3,5,11-20H2,1-2,4,6-10H3,(H,41,42). The number of hydrogen-bond acceptors (Lipinski definition) is 8. The second-order valence-electron chi connectivity index (χ2n) is 16.8. The largest absolute Gasteiger partial charge is 0.481 e. The Hall–Kier alpha value is -1.78. The summed E-state index contributed by atoms with van der Waals surface area (Å²) in [6.45, 7) is 24.6. The van der Waals surface area contributed by atoms with Crippen molar-refractivity contribution in [2.75, 3.05) is 6.61 Å². The van der Waals surface area contributed by atoms with Crippen LogP contribution in [-0.2, 0) is 23.8 Å². The molecule has 1 saturated heterocycles. The van der Waals surface area contributed by atoms with Crippen LogP contribution in [0.1, 0.15) is 113 Å². The van der Waals surface area contributed by atoms with Gasteiger partial charge in [-0.1, -0.05) is 58.9 Å². The summed E-state index contributed by atoms with van der Waals surface area (Å²) in [5, 5.41) is 43.0. The minimum Gasteiger partial charge on any atom is -0.481 e. The van der Waals surface area contributed by atoms with E-state index in [1.807, 2.05) is 13.8 Å². The average molecular weight is 663 g/mol. The van der Waals surface area contributed by atoms with E-state index in [4.69, 9.17) is 14.2 Å². The summed E-state index contributed by atoms with van der Waals surface area (Å²) < 4.78 is 18.5. The first-order chi connectivity index (χ1) is 21.7. The highest BCUT2D eigenvalue weighted by atomic mass is 16.7. The molecule has 0 aromatic carbocycles. The molecule has 0 aromatic rings. The number of allylic oxidation sites excluding steroid dienone is 2. The average Bonchev–Trinajstić information content (AvgIpc) is 3.49. The van der Waals surface area contributed by atoms with Crippen molar-refractivity contribution in [3.8, 4) is 0 Å². The Morgan fingerprint density at radius 3 is 2.26 bits per heavy atom. The predicted molar refractivity (Wildman–Crippen MR) is 179 cm³/mol. The van der Waals surface area contributed by atoms with Crippen molar-refractivity contribution in [3.05, 3.63) is 24.3 Å². The highest BCUT2D eigenvalue weighted by Crippen LogP contribution is 2.74. The molecule has 3 aliphatic carbocycles. The molecule has 268 valence electrons. The Morgan fingerprint density at radius 1 is 1.06 bits per heavy atom. The van der Waals surface area contributed by atoms with Gasteiger partial charge in [-0.25, -0.2) is 0 Å². The van der Waals surface area contributed by atoms with E-state index >= 15 is 0 Å². The number of carbonyl (C=O) groups excluding carboxylic acids is 1. The number of aliphatic hydroxyl groups excluding tert-OH is 2. The van der Waals surface area contributed by atoms with E-state index in [-0.39, 0.29) is 46.3 Å². The van der Waals surface area contributed by atoms with Gasteiger partial charge in [-0.15, -0.1) is 0 Å². The summed E-state index contributed by atoms with van der Waals surface area (Å²) in [5.41, 5.74) is 0.327. The lowest BCUT2D eigenvalue weighted by Gasteiger charge is -2.68. The smallest absolute Gasteiger partial charge is 0.303 e. The molecule has 47 heavy (non-hydrogen) atoms. The van der Waals surface area contributed by atoms with E-state index in [9.17, 15) is 30.0 Å². The molecule has 1 heterocycles. The molecule has 0 radical (unpaired) electrons. The van der Waals surface area contributed by atoms with Gasteiger partial charge in [-0.05, 0) is 111 Å². The van der Waals surface area contributed by atoms with Crippen molar-refractivity contribution in [1.82, 2.24) is 0 Å². The zero-order valence-corrected chi connectivity index (χ0v) is 30.1. The fourth-order valence-electron chi connectivity index (χ4n) is 10.8. The number of carboxylic acid groups (broad SMARTS) is 1. The van der Waals surface area contributed by atoms with E-state index in [1.54, 1.807) is 0 Å². The molecule has 0 aromatic heterocycles. The summed E-state index contributed by atoms with van der Waals surface area (Å²) in [6, 6.07) is 0. The molecule has 4 aliphatic rings. The third-order valence-electron chi connectivity index (χ3n) is 13.8. The summed E-state index contributed by atoms with van der Waals surface area (Å²) in [5.74, 6) is -1.09. The van der Waals surface area contributed by atoms with Gasteiger partial charge in [0.15, 0.2) is 12.4 Å². The summed E-state index contributed by atoms with van der Waals surface area (Å²) in [6.07, 6.45) is 1.09. The molecule has 0 spiro atoms. The topological polar surface area (TPSA) is 143 Å². The van der Waals surface area contributed by atoms with E-state index in [2.05, 4.69) is 47.8 Å². The SMILES string of the molecule is C=C(CCC(C)(O)C1CCC2(C)C1C(OC1OC(CO)C(O)C1OC(C)=O)CC1C(C)(CCC(=O)O)C(C(=C)C)CCC12C)C(C)C. The second-order valence-corrected chi connectivity index (χ2v) is 16.8. The minimum absolute atomic E-state index is 0.0558. The van der Waals surface area contributed by atoms with Crippen LogP contribution in [0.15, 0.2) is 24.3 Å². The molecule has 0 amide bonds. The molecule has 4 N–H and O–H groups in total. The quantitative estimate of drug-likeness (QED) is 0.137. The third-order valence-corrected chi connectivity index (χ3v) is 13.8. The van der Waals surface area contributed by atoms with Gasteiger partial charge in [0.25, 0.3) is 0 Å². The van der Waals surface area contributed by atoms with Crippen LogP contribution < -0.4 is 0 Å². The van der Waals surface area contributed by atoms with Crippen LogP contribution in [0.2, 0.25) is 0 Å². The molecule has 3 saturated carbocycles. The Labute approximate surface area is 282 Å². The lowest BCUT2D eigenvalue weighted by Crippen LogP contribution is -2.64. The number of rotatable bonds is 13. The zero-order valence-electron chi connectivity index (χ0n) is 30.1. The number of esters is 1. The van der Waals surface area contributed by atoms with E-state index < -0.39 is 54.9 Å². The van der Waals surface area contributed by atoms with Crippen molar-refractivity contribution in [1.29, 1.82) is 0 Å². The Kier molecular flexibility index (Phi) is 11.2. The molecule has 13 atom stereocenters. The maximum atomic E-state index is 12.3. The molecule has 9 heteroatoms.